The maximum Gasteiger partial charge on any atom is 0.262 e. The minimum Gasteiger partial charge on any atom is -0.364 e. The molecule has 8 nitrogen and oxygen atoms in total. The van der Waals surface area contributed by atoms with Gasteiger partial charge in [-0.1, -0.05) is 0 Å². The number of aromatic nitrogens is 3. The summed E-state index contributed by atoms with van der Waals surface area (Å²) in [6.07, 6.45) is 2.85. The third-order valence-corrected chi connectivity index (χ3v) is 4.45. The second-order valence-electron chi connectivity index (χ2n) is 7.88. The lowest BCUT2D eigenvalue weighted by molar-refractivity contribution is -0.132. The Balaban J connectivity index is 2.01. The molecule has 2 aromatic heterocycles. The van der Waals surface area contributed by atoms with Gasteiger partial charge in [0.1, 0.15) is 5.52 Å². The van der Waals surface area contributed by atoms with Crippen LogP contribution < -0.4 is 16.2 Å². The summed E-state index contributed by atoms with van der Waals surface area (Å²) in [7, 11) is 3.50. The maximum atomic E-state index is 12.7. The molecule has 2 N–H and O–H groups in total. The SMILES string of the molecule is CN1CC(Nc2nccc3c(=O)n(C)c(NC(C)(C)C)nc23)CCC1=O. The van der Waals surface area contributed by atoms with E-state index in [0.29, 0.717) is 35.6 Å². The first-order valence-electron chi connectivity index (χ1n) is 8.80. The Hall–Kier alpha value is -2.64. The number of amides is 1. The first-order chi connectivity index (χ1) is 12.2. The van der Waals surface area contributed by atoms with E-state index < -0.39 is 0 Å². The van der Waals surface area contributed by atoms with Crippen molar-refractivity contribution in [2.24, 2.45) is 7.05 Å². The molecule has 0 spiro atoms. The van der Waals surface area contributed by atoms with Crippen molar-refractivity contribution in [3.63, 3.8) is 0 Å². The van der Waals surface area contributed by atoms with Crippen LogP contribution in [0.1, 0.15) is 33.6 Å². The highest BCUT2D eigenvalue weighted by Gasteiger charge is 2.24. The van der Waals surface area contributed by atoms with E-state index in [4.69, 9.17) is 0 Å². The molecule has 3 rings (SSSR count). The lowest BCUT2D eigenvalue weighted by Gasteiger charge is -2.30. The van der Waals surface area contributed by atoms with Crippen LogP contribution in [0.3, 0.4) is 0 Å². The molecule has 140 valence electrons. The van der Waals surface area contributed by atoms with Crippen LogP contribution in [0, 0.1) is 0 Å². The molecular formula is C18H26N6O2. The normalized spacial score (nSPS) is 18.3. The second-order valence-corrected chi connectivity index (χ2v) is 7.88. The molecule has 8 heteroatoms. The third kappa shape index (κ3) is 3.63. The van der Waals surface area contributed by atoms with Crippen molar-refractivity contribution in [1.29, 1.82) is 0 Å². The molecule has 0 aliphatic carbocycles. The largest absolute Gasteiger partial charge is 0.364 e. The molecule has 2 aromatic rings. The zero-order valence-corrected chi connectivity index (χ0v) is 16.0. The van der Waals surface area contributed by atoms with E-state index in [1.54, 1.807) is 31.3 Å². The standard InChI is InChI=1S/C18H26N6O2/c1-18(2,3)22-17-21-14-12(16(26)24(17)5)8-9-19-15(14)20-11-6-7-13(25)23(4)10-11/h8-9,11H,6-7,10H2,1-5H3,(H,19,20)(H,21,22). The molecule has 26 heavy (non-hydrogen) atoms. The molecule has 1 fully saturated rings. The fraction of sp³-hybridized carbons (Fsp3) is 0.556. The van der Waals surface area contributed by atoms with Crippen molar-refractivity contribution in [1.82, 2.24) is 19.4 Å². The van der Waals surface area contributed by atoms with E-state index in [-0.39, 0.29) is 23.0 Å². The average Bonchev–Trinajstić information content (AvgIpc) is 2.55. The second kappa shape index (κ2) is 6.59. The van der Waals surface area contributed by atoms with E-state index in [1.807, 2.05) is 20.8 Å². The van der Waals surface area contributed by atoms with Crippen molar-refractivity contribution in [3.8, 4) is 0 Å². The van der Waals surface area contributed by atoms with Gasteiger partial charge >= 0.3 is 0 Å². The van der Waals surface area contributed by atoms with Gasteiger partial charge in [0, 0.05) is 44.8 Å². The monoisotopic (exact) mass is 358 g/mol. The van der Waals surface area contributed by atoms with Crippen LogP contribution in [0.25, 0.3) is 10.9 Å². The summed E-state index contributed by atoms with van der Waals surface area (Å²) in [6.45, 7) is 6.65. The van der Waals surface area contributed by atoms with Gasteiger partial charge in [0.15, 0.2) is 5.82 Å². The number of carbonyl (C=O) groups excluding carboxylic acids is 1. The predicted molar refractivity (Wildman–Crippen MR) is 102 cm³/mol. The molecule has 1 unspecified atom stereocenters. The Kier molecular flexibility index (Phi) is 4.60. The molecule has 0 bridgehead atoms. The van der Waals surface area contributed by atoms with E-state index in [9.17, 15) is 9.59 Å². The van der Waals surface area contributed by atoms with E-state index in [0.717, 1.165) is 6.42 Å². The number of nitrogens with zero attached hydrogens (tertiary/aromatic N) is 4. The van der Waals surface area contributed by atoms with Crippen LogP contribution in [-0.4, -0.2) is 50.5 Å². The molecule has 1 atom stereocenters. The Labute approximate surface area is 152 Å². The first kappa shape index (κ1) is 18.2. The zero-order chi connectivity index (χ0) is 19.1. The molecule has 0 aromatic carbocycles. The van der Waals surface area contributed by atoms with Crippen LogP contribution in [0.15, 0.2) is 17.1 Å². The van der Waals surface area contributed by atoms with Gasteiger partial charge in [-0.05, 0) is 33.3 Å². The number of likely N-dealkylation sites (tertiary alicyclic amines) is 1. The van der Waals surface area contributed by atoms with E-state index in [2.05, 4.69) is 20.6 Å². The van der Waals surface area contributed by atoms with Gasteiger partial charge in [-0.2, -0.15) is 0 Å². The number of nitrogens with one attached hydrogen (secondary N) is 2. The molecule has 1 saturated heterocycles. The van der Waals surface area contributed by atoms with Gasteiger partial charge in [-0.15, -0.1) is 0 Å². The Morgan fingerprint density at radius 3 is 2.62 bits per heavy atom. The van der Waals surface area contributed by atoms with Crippen molar-refractivity contribution in [3.05, 3.63) is 22.6 Å². The number of hydrogen-bond acceptors (Lipinski definition) is 6. The summed E-state index contributed by atoms with van der Waals surface area (Å²) in [5.74, 6) is 1.23. The van der Waals surface area contributed by atoms with E-state index in [1.165, 1.54) is 4.57 Å². The van der Waals surface area contributed by atoms with Crippen LogP contribution in [0.4, 0.5) is 11.8 Å². The summed E-state index contributed by atoms with van der Waals surface area (Å²) in [4.78, 5) is 35.2. The number of fused-ring (bicyclic) bond motifs is 1. The van der Waals surface area contributed by atoms with Crippen molar-refractivity contribution in [2.75, 3.05) is 24.2 Å². The predicted octanol–water partition coefficient (Wildman–Crippen LogP) is 1.57. The van der Waals surface area contributed by atoms with Gasteiger partial charge in [0.2, 0.25) is 11.9 Å². The number of pyridine rings is 1. The topological polar surface area (TPSA) is 92.2 Å². The fourth-order valence-electron chi connectivity index (χ4n) is 3.07. The highest BCUT2D eigenvalue weighted by molar-refractivity contribution is 5.88. The highest BCUT2D eigenvalue weighted by atomic mass is 16.2. The van der Waals surface area contributed by atoms with Gasteiger partial charge in [0.25, 0.3) is 5.56 Å². The number of anilines is 2. The smallest absolute Gasteiger partial charge is 0.262 e. The Morgan fingerprint density at radius 2 is 1.96 bits per heavy atom. The van der Waals surface area contributed by atoms with E-state index >= 15 is 0 Å². The number of piperidine rings is 1. The lowest BCUT2D eigenvalue weighted by atomic mass is 10.1. The highest BCUT2D eigenvalue weighted by Crippen LogP contribution is 2.22. The molecule has 0 radical (unpaired) electrons. The van der Waals surface area contributed by atoms with Crippen LogP contribution >= 0.6 is 0 Å². The minimum absolute atomic E-state index is 0.0840. The summed E-state index contributed by atoms with van der Waals surface area (Å²) in [5, 5.41) is 7.16. The Bertz CT molecular complexity index is 899. The third-order valence-electron chi connectivity index (χ3n) is 4.45. The van der Waals surface area contributed by atoms with Crippen molar-refractivity contribution in [2.45, 2.75) is 45.2 Å². The van der Waals surface area contributed by atoms with Crippen molar-refractivity contribution >= 4 is 28.6 Å². The summed E-state index contributed by atoms with van der Waals surface area (Å²) < 4.78 is 1.52. The van der Waals surface area contributed by atoms with Gasteiger partial charge in [-0.25, -0.2) is 9.97 Å². The summed E-state index contributed by atoms with van der Waals surface area (Å²) >= 11 is 0. The molecular weight excluding hydrogens is 332 g/mol. The summed E-state index contributed by atoms with van der Waals surface area (Å²) in [6, 6.07) is 1.77. The van der Waals surface area contributed by atoms with Crippen LogP contribution in [0.5, 0.6) is 0 Å². The molecule has 1 aliphatic heterocycles. The number of hydrogen-bond donors (Lipinski definition) is 2. The van der Waals surface area contributed by atoms with Crippen molar-refractivity contribution < 1.29 is 4.79 Å². The summed E-state index contributed by atoms with van der Waals surface area (Å²) in [5.41, 5.74) is 0.192. The fourth-order valence-corrected chi connectivity index (χ4v) is 3.07. The van der Waals surface area contributed by atoms with Crippen LogP contribution in [0.2, 0.25) is 0 Å². The van der Waals surface area contributed by atoms with Gasteiger partial charge < -0.3 is 15.5 Å². The molecule has 0 saturated carbocycles. The zero-order valence-electron chi connectivity index (χ0n) is 16.0. The quantitative estimate of drug-likeness (QED) is 0.865. The van der Waals surface area contributed by atoms with Gasteiger partial charge in [0.05, 0.1) is 5.39 Å². The molecule has 3 heterocycles. The average molecular weight is 358 g/mol. The number of likely N-dealkylation sites (N-methyl/N-ethyl adjacent to an activating group) is 1. The van der Waals surface area contributed by atoms with Crippen LogP contribution in [-0.2, 0) is 11.8 Å². The van der Waals surface area contributed by atoms with Gasteiger partial charge in [-0.3, -0.25) is 14.2 Å². The number of carbonyl (C=O) groups is 1. The Morgan fingerprint density at radius 1 is 1.23 bits per heavy atom. The number of rotatable bonds is 3. The molecule has 1 aliphatic rings. The maximum absolute atomic E-state index is 12.7. The first-order valence-corrected chi connectivity index (χ1v) is 8.80. The lowest BCUT2D eigenvalue weighted by Crippen LogP contribution is -2.43. The minimum atomic E-state index is -0.229. The molecule has 1 amide bonds.